The monoisotopic (exact) mass is 306 g/mol. The highest BCUT2D eigenvalue weighted by Crippen LogP contribution is 2.37. The molecule has 0 radical (unpaired) electrons. The summed E-state index contributed by atoms with van der Waals surface area (Å²) in [7, 11) is 0. The Hall–Kier alpha value is -2.10. The third-order valence-corrected chi connectivity index (χ3v) is 3.53. The number of nitriles is 1. The number of dihydropyridines is 1. The van der Waals surface area contributed by atoms with Crippen LogP contribution in [0.1, 0.15) is 11.5 Å². The van der Waals surface area contributed by atoms with Crippen molar-refractivity contribution in [1.29, 1.82) is 5.26 Å². The molecule has 5 N–H and O–H groups in total. The van der Waals surface area contributed by atoms with E-state index in [-0.39, 0.29) is 22.0 Å². The van der Waals surface area contributed by atoms with E-state index in [1.54, 1.807) is 24.3 Å². The highest BCUT2D eigenvalue weighted by atomic mass is 35.5. The second kappa shape index (κ2) is 5.49. The number of amides is 1. The van der Waals surface area contributed by atoms with Crippen molar-refractivity contribution in [3.8, 4) is 6.07 Å². The van der Waals surface area contributed by atoms with Crippen LogP contribution in [0.15, 0.2) is 46.3 Å². The van der Waals surface area contributed by atoms with Crippen LogP contribution in [0.4, 0.5) is 0 Å². The summed E-state index contributed by atoms with van der Waals surface area (Å²) in [5, 5.41) is 12.7. The normalized spacial score (nSPS) is 18.6. The highest BCUT2D eigenvalue weighted by Gasteiger charge is 2.33. The fourth-order valence-corrected chi connectivity index (χ4v) is 2.66. The van der Waals surface area contributed by atoms with E-state index in [0.717, 1.165) is 0 Å². The molecule has 0 fully saturated rings. The summed E-state index contributed by atoms with van der Waals surface area (Å²) in [4.78, 5) is 11.7. The molecule has 1 aliphatic heterocycles. The molecule has 0 bridgehead atoms. The zero-order valence-corrected chi connectivity index (χ0v) is 11.9. The number of hydrogen-bond acceptors (Lipinski definition) is 5. The van der Waals surface area contributed by atoms with Crippen molar-refractivity contribution in [2.24, 2.45) is 11.5 Å². The van der Waals surface area contributed by atoms with E-state index in [2.05, 4.69) is 17.9 Å². The lowest BCUT2D eigenvalue weighted by molar-refractivity contribution is -0.114. The predicted molar refractivity (Wildman–Crippen MR) is 79.4 cm³/mol. The first-order chi connectivity index (χ1) is 9.45. The van der Waals surface area contributed by atoms with Gasteiger partial charge in [0.15, 0.2) is 0 Å². The molecule has 0 aliphatic carbocycles. The first-order valence-corrected chi connectivity index (χ1v) is 6.43. The van der Waals surface area contributed by atoms with Gasteiger partial charge in [0.05, 0.1) is 28.2 Å². The van der Waals surface area contributed by atoms with Gasteiger partial charge >= 0.3 is 0 Å². The number of nitrogens with zero attached hydrogens (tertiary/aromatic N) is 1. The fourth-order valence-electron chi connectivity index (χ4n) is 2.10. The van der Waals surface area contributed by atoms with Gasteiger partial charge in [-0.25, -0.2) is 0 Å². The molecule has 1 aliphatic rings. The van der Waals surface area contributed by atoms with E-state index in [1.807, 2.05) is 6.07 Å². The number of allylic oxidation sites excluding steroid dienone is 1. The SMILES string of the molecule is N#CC1=C(N)NC(S)=C(C(N)=O)[C@@H]1c1cccc(Cl)c1. The van der Waals surface area contributed by atoms with Crippen molar-refractivity contribution in [2.45, 2.75) is 5.92 Å². The van der Waals surface area contributed by atoms with Gasteiger partial charge in [-0.3, -0.25) is 4.79 Å². The Morgan fingerprint density at radius 2 is 2.20 bits per heavy atom. The zero-order chi connectivity index (χ0) is 14.9. The molecule has 102 valence electrons. The second-order valence-corrected chi connectivity index (χ2v) is 5.06. The molecule has 0 aromatic heterocycles. The maximum Gasteiger partial charge on any atom is 0.248 e. The van der Waals surface area contributed by atoms with Crippen LogP contribution in [0.5, 0.6) is 0 Å². The smallest absolute Gasteiger partial charge is 0.248 e. The predicted octanol–water partition coefficient (Wildman–Crippen LogP) is 1.35. The Morgan fingerprint density at radius 1 is 1.50 bits per heavy atom. The van der Waals surface area contributed by atoms with Crippen LogP contribution >= 0.6 is 24.2 Å². The minimum absolute atomic E-state index is 0.146. The maximum absolute atomic E-state index is 11.7. The molecule has 0 unspecified atom stereocenters. The van der Waals surface area contributed by atoms with E-state index in [4.69, 9.17) is 23.1 Å². The van der Waals surface area contributed by atoms with Crippen molar-refractivity contribution < 1.29 is 4.79 Å². The Morgan fingerprint density at radius 3 is 2.75 bits per heavy atom. The first-order valence-electron chi connectivity index (χ1n) is 5.61. The van der Waals surface area contributed by atoms with Crippen LogP contribution in [0, 0.1) is 11.3 Å². The summed E-state index contributed by atoms with van der Waals surface area (Å²) in [5.74, 6) is -1.20. The lowest BCUT2D eigenvalue weighted by Gasteiger charge is -2.27. The minimum atomic E-state index is -0.676. The molecule has 0 spiro atoms. The average molecular weight is 307 g/mol. The van der Waals surface area contributed by atoms with Gasteiger partial charge in [-0.2, -0.15) is 5.26 Å². The van der Waals surface area contributed by atoms with E-state index >= 15 is 0 Å². The van der Waals surface area contributed by atoms with Gasteiger partial charge in [0.1, 0.15) is 5.82 Å². The second-order valence-electron chi connectivity index (χ2n) is 4.18. The Balaban J connectivity index is 2.67. The van der Waals surface area contributed by atoms with Crippen LogP contribution in [0.25, 0.3) is 0 Å². The summed E-state index contributed by atoms with van der Waals surface area (Å²) < 4.78 is 0. The number of benzene rings is 1. The van der Waals surface area contributed by atoms with Crippen LogP contribution < -0.4 is 16.8 Å². The molecule has 7 heteroatoms. The molecule has 1 aromatic carbocycles. The number of thiol groups is 1. The highest BCUT2D eigenvalue weighted by molar-refractivity contribution is 7.84. The first kappa shape index (κ1) is 14.3. The summed E-state index contributed by atoms with van der Waals surface area (Å²) in [6, 6.07) is 8.82. The lowest BCUT2D eigenvalue weighted by Crippen LogP contribution is -2.33. The van der Waals surface area contributed by atoms with Gasteiger partial charge in [0, 0.05) is 5.02 Å². The molecule has 1 atom stereocenters. The largest absolute Gasteiger partial charge is 0.384 e. The van der Waals surface area contributed by atoms with E-state index in [9.17, 15) is 10.1 Å². The number of hydrogen-bond donors (Lipinski definition) is 4. The Kier molecular flexibility index (Phi) is 3.93. The van der Waals surface area contributed by atoms with Crippen molar-refractivity contribution in [1.82, 2.24) is 5.32 Å². The third kappa shape index (κ3) is 2.46. The maximum atomic E-state index is 11.7. The number of rotatable bonds is 2. The fraction of sp³-hybridized carbons (Fsp3) is 0.0769. The molecule has 5 nitrogen and oxygen atoms in total. The van der Waals surface area contributed by atoms with Crippen molar-refractivity contribution in [3.63, 3.8) is 0 Å². The average Bonchev–Trinajstić information content (AvgIpc) is 2.37. The molecule has 0 saturated carbocycles. The molecular weight excluding hydrogens is 296 g/mol. The van der Waals surface area contributed by atoms with Crippen molar-refractivity contribution in [2.75, 3.05) is 0 Å². The van der Waals surface area contributed by atoms with Gasteiger partial charge in [0.25, 0.3) is 0 Å². The molecule has 2 rings (SSSR count). The van der Waals surface area contributed by atoms with Crippen LogP contribution in [0.2, 0.25) is 5.02 Å². The molecule has 1 aromatic rings. The van der Waals surface area contributed by atoms with Crippen LogP contribution in [0.3, 0.4) is 0 Å². The molecule has 1 amide bonds. The van der Waals surface area contributed by atoms with Gasteiger partial charge in [0.2, 0.25) is 5.91 Å². The summed E-state index contributed by atoms with van der Waals surface area (Å²) in [6.07, 6.45) is 0. The van der Waals surface area contributed by atoms with Crippen molar-refractivity contribution >= 4 is 30.1 Å². The van der Waals surface area contributed by atoms with E-state index < -0.39 is 11.8 Å². The van der Waals surface area contributed by atoms with Gasteiger partial charge in [-0.15, -0.1) is 12.6 Å². The Bertz CT molecular complexity index is 690. The summed E-state index contributed by atoms with van der Waals surface area (Å²) >= 11 is 10.1. The van der Waals surface area contributed by atoms with E-state index in [0.29, 0.717) is 10.6 Å². The van der Waals surface area contributed by atoms with Crippen LogP contribution in [-0.4, -0.2) is 5.91 Å². The van der Waals surface area contributed by atoms with Gasteiger partial charge in [-0.05, 0) is 17.7 Å². The van der Waals surface area contributed by atoms with E-state index in [1.165, 1.54) is 0 Å². The quantitative estimate of drug-likeness (QED) is 0.619. The number of carbonyl (C=O) groups is 1. The standard InChI is InChI=1S/C13H11ClN4OS/c14-7-3-1-2-6(4-7)9-8(5-15)11(16)18-13(20)10(9)12(17)19/h1-4,9,18,20H,16H2,(H2,17,19)/t9-/m1/s1. The lowest BCUT2D eigenvalue weighted by atomic mass is 9.83. The van der Waals surface area contributed by atoms with Gasteiger partial charge < -0.3 is 16.8 Å². The summed E-state index contributed by atoms with van der Waals surface area (Å²) in [6.45, 7) is 0. The zero-order valence-electron chi connectivity index (χ0n) is 10.2. The number of nitrogens with two attached hydrogens (primary N) is 2. The number of carbonyl (C=O) groups excluding carboxylic acids is 1. The molecular formula is C13H11ClN4OS. The number of nitrogens with one attached hydrogen (secondary N) is 1. The summed E-state index contributed by atoms with van der Waals surface area (Å²) in [5.41, 5.74) is 12.2. The molecule has 20 heavy (non-hydrogen) atoms. The number of halogens is 1. The van der Waals surface area contributed by atoms with Gasteiger partial charge in [-0.1, -0.05) is 23.7 Å². The number of primary amides is 1. The minimum Gasteiger partial charge on any atom is -0.384 e. The molecule has 0 saturated heterocycles. The third-order valence-electron chi connectivity index (χ3n) is 2.94. The van der Waals surface area contributed by atoms with Crippen LogP contribution in [-0.2, 0) is 4.79 Å². The van der Waals surface area contributed by atoms with Crippen molar-refractivity contribution in [3.05, 3.63) is 56.8 Å². The topological polar surface area (TPSA) is 105 Å². The molecule has 1 heterocycles. The Labute approximate surface area is 126 Å².